The lowest BCUT2D eigenvalue weighted by Gasteiger charge is -2.29. The van der Waals surface area contributed by atoms with Crippen molar-refractivity contribution in [3.63, 3.8) is 0 Å². The average Bonchev–Trinajstić information content (AvgIpc) is 2.58. The van der Waals surface area contributed by atoms with Gasteiger partial charge in [0.05, 0.1) is 0 Å². The predicted molar refractivity (Wildman–Crippen MR) is 68.1 cm³/mol. The van der Waals surface area contributed by atoms with Crippen molar-refractivity contribution in [3.05, 3.63) is 35.4 Å². The number of benzene rings is 1. The zero-order valence-corrected chi connectivity index (χ0v) is 10.4. The molecule has 2 N–H and O–H groups in total. The fourth-order valence-corrected chi connectivity index (χ4v) is 2.68. The lowest BCUT2D eigenvalue weighted by molar-refractivity contribution is 0.212. The minimum absolute atomic E-state index is 0.0448. The second-order valence-corrected chi connectivity index (χ2v) is 5.32. The Labute approximate surface area is 98.4 Å². The molecule has 1 unspecified atom stereocenters. The third kappa shape index (κ3) is 2.63. The van der Waals surface area contributed by atoms with Gasteiger partial charge in [0.1, 0.15) is 0 Å². The minimum Gasteiger partial charge on any atom is -0.324 e. The van der Waals surface area contributed by atoms with Crippen LogP contribution < -0.4 is 5.73 Å². The van der Waals surface area contributed by atoms with Crippen molar-refractivity contribution in [3.8, 4) is 0 Å². The van der Waals surface area contributed by atoms with Crippen molar-refractivity contribution in [2.75, 3.05) is 6.54 Å². The summed E-state index contributed by atoms with van der Waals surface area (Å²) in [5, 5.41) is 0. The van der Waals surface area contributed by atoms with E-state index in [2.05, 4.69) is 43.0 Å². The molecule has 0 aromatic heterocycles. The lowest BCUT2D eigenvalue weighted by Crippen LogP contribution is -2.46. The molecule has 1 aromatic rings. The normalized spacial score (nSPS) is 19.4. The summed E-state index contributed by atoms with van der Waals surface area (Å²) in [5.74, 6) is 0. The van der Waals surface area contributed by atoms with E-state index in [1.165, 1.54) is 11.1 Å². The molecule has 0 saturated heterocycles. The van der Waals surface area contributed by atoms with E-state index < -0.39 is 0 Å². The smallest absolute Gasteiger partial charge is 0.0254 e. The Morgan fingerprint density at radius 1 is 1.25 bits per heavy atom. The molecule has 1 heterocycles. The van der Waals surface area contributed by atoms with Crippen LogP contribution in [0.25, 0.3) is 0 Å². The van der Waals surface area contributed by atoms with E-state index in [-0.39, 0.29) is 5.54 Å². The molecule has 0 fully saturated rings. The van der Waals surface area contributed by atoms with E-state index in [4.69, 9.17) is 5.73 Å². The summed E-state index contributed by atoms with van der Waals surface area (Å²) in [5.41, 5.74) is 9.19. The molecular weight excluding hydrogens is 196 g/mol. The van der Waals surface area contributed by atoms with Gasteiger partial charge in [0.2, 0.25) is 0 Å². The molecule has 16 heavy (non-hydrogen) atoms. The molecule has 0 spiro atoms. The molecular formula is C14H22N2. The lowest BCUT2D eigenvalue weighted by atomic mass is 9.97. The third-order valence-corrected chi connectivity index (χ3v) is 3.31. The van der Waals surface area contributed by atoms with Crippen LogP contribution in [0, 0.1) is 0 Å². The van der Waals surface area contributed by atoms with Crippen LogP contribution in [0.15, 0.2) is 24.3 Å². The van der Waals surface area contributed by atoms with Crippen molar-refractivity contribution in [1.82, 2.24) is 4.90 Å². The Morgan fingerprint density at radius 3 is 2.31 bits per heavy atom. The van der Waals surface area contributed by atoms with Crippen LogP contribution in [0.3, 0.4) is 0 Å². The van der Waals surface area contributed by atoms with E-state index in [0.29, 0.717) is 0 Å². The van der Waals surface area contributed by atoms with Crippen molar-refractivity contribution < 1.29 is 0 Å². The molecule has 0 saturated carbocycles. The van der Waals surface area contributed by atoms with Gasteiger partial charge in [0.25, 0.3) is 0 Å². The van der Waals surface area contributed by atoms with Crippen LogP contribution in [0.1, 0.15) is 37.8 Å². The Hall–Kier alpha value is -0.860. The van der Waals surface area contributed by atoms with Crippen LogP contribution in [-0.2, 0) is 13.1 Å². The minimum atomic E-state index is -0.0448. The van der Waals surface area contributed by atoms with Gasteiger partial charge < -0.3 is 5.73 Å². The first kappa shape index (κ1) is 11.6. The fraction of sp³-hybridized carbons (Fsp3) is 0.571. The monoisotopic (exact) mass is 218 g/mol. The number of nitrogens with two attached hydrogens (primary N) is 1. The van der Waals surface area contributed by atoms with E-state index in [0.717, 1.165) is 32.5 Å². The van der Waals surface area contributed by atoms with Gasteiger partial charge in [-0.05, 0) is 24.5 Å². The standard InChI is InChI=1S/C14H22N2/c1-3-8-14(2,15)11-16-9-12-6-4-5-7-13(12)10-16/h4-7H,3,8-11,15H2,1-2H3. The van der Waals surface area contributed by atoms with Gasteiger partial charge in [0, 0.05) is 25.2 Å². The maximum Gasteiger partial charge on any atom is 0.0254 e. The molecule has 2 heteroatoms. The molecule has 0 bridgehead atoms. The molecule has 1 atom stereocenters. The largest absolute Gasteiger partial charge is 0.324 e. The first-order valence-corrected chi connectivity index (χ1v) is 6.19. The molecule has 2 rings (SSSR count). The van der Waals surface area contributed by atoms with Gasteiger partial charge in [-0.2, -0.15) is 0 Å². The van der Waals surface area contributed by atoms with Crippen molar-refractivity contribution in [2.45, 2.75) is 45.3 Å². The zero-order chi connectivity index (χ0) is 11.6. The molecule has 88 valence electrons. The van der Waals surface area contributed by atoms with Gasteiger partial charge in [-0.15, -0.1) is 0 Å². The van der Waals surface area contributed by atoms with Crippen LogP contribution in [0.5, 0.6) is 0 Å². The average molecular weight is 218 g/mol. The summed E-state index contributed by atoms with van der Waals surface area (Å²) >= 11 is 0. The summed E-state index contributed by atoms with van der Waals surface area (Å²) in [7, 11) is 0. The van der Waals surface area contributed by atoms with Crippen LogP contribution >= 0.6 is 0 Å². The molecule has 0 aliphatic carbocycles. The van der Waals surface area contributed by atoms with Gasteiger partial charge in [-0.3, -0.25) is 4.90 Å². The highest BCUT2D eigenvalue weighted by Gasteiger charge is 2.25. The summed E-state index contributed by atoms with van der Waals surface area (Å²) in [6.07, 6.45) is 2.26. The zero-order valence-electron chi connectivity index (χ0n) is 10.4. The van der Waals surface area contributed by atoms with E-state index in [9.17, 15) is 0 Å². The molecule has 1 aliphatic rings. The maximum absolute atomic E-state index is 6.30. The highest BCUT2D eigenvalue weighted by atomic mass is 15.2. The van der Waals surface area contributed by atoms with E-state index >= 15 is 0 Å². The third-order valence-electron chi connectivity index (χ3n) is 3.31. The topological polar surface area (TPSA) is 29.3 Å². The Bertz CT molecular complexity index is 333. The highest BCUT2D eigenvalue weighted by molar-refractivity contribution is 5.30. The van der Waals surface area contributed by atoms with Gasteiger partial charge in [0.15, 0.2) is 0 Å². The van der Waals surface area contributed by atoms with Gasteiger partial charge in [-0.1, -0.05) is 37.6 Å². The highest BCUT2D eigenvalue weighted by Crippen LogP contribution is 2.24. The molecule has 0 amide bonds. The Kier molecular flexibility index (Phi) is 3.31. The van der Waals surface area contributed by atoms with Crippen molar-refractivity contribution in [1.29, 1.82) is 0 Å². The second-order valence-electron chi connectivity index (χ2n) is 5.32. The van der Waals surface area contributed by atoms with Gasteiger partial charge >= 0.3 is 0 Å². The van der Waals surface area contributed by atoms with Crippen LogP contribution in [0.2, 0.25) is 0 Å². The Balaban J connectivity index is 1.97. The quantitative estimate of drug-likeness (QED) is 0.841. The van der Waals surface area contributed by atoms with Gasteiger partial charge in [-0.25, -0.2) is 0 Å². The fourth-order valence-electron chi connectivity index (χ4n) is 2.68. The SMILES string of the molecule is CCCC(C)(N)CN1Cc2ccccc2C1. The summed E-state index contributed by atoms with van der Waals surface area (Å²) in [4.78, 5) is 2.46. The first-order chi connectivity index (χ1) is 7.61. The number of fused-ring (bicyclic) bond motifs is 1. The summed E-state index contributed by atoms with van der Waals surface area (Å²) in [6.45, 7) is 7.48. The molecule has 1 aromatic carbocycles. The molecule has 0 radical (unpaired) electrons. The van der Waals surface area contributed by atoms with Crippen molar-refractivity contribution >= 4 is 0 Å². The number of rotatable bonds is 4. The second kappa shape index (κ2) is 4.56. The van der Waals surface area contributed by atoms with E-state index in [1.807, 2.05) is 0 Å². The summed E-state index contributed by atoms with van der Waals surface area (Å²) in [6, 6.07) is 8.69. The summed E-state index contributed by atoms with van der Waals surface area (Å²) < 4.78 is 0. The van der Waals surface area contributed by atoms with E-state index in [1.54, 1.807) is 0 Å². The maximum atomic E-state index is 6.30. The molecule has 2 nitrogen and oxygen atoms in total. The Morgan fingerprint density at radius 2 is 1.81 bits per heavy atom. The molecule has 1 aliphatic heterocycles. The number of hydrogen-bond acceptors (Lipinski definition) is 2. The first-order valence-electron chi connectivity index (χ1n) is 6.19. The predicted octanol–water partition coefficient (Wildman–Crippen LogP) is 2.52. The number of hydrogen-bond donors (Lipinski definition) is 1. The number of nitrogens with zero attached hydrogens (tertiary/aromatic N) is 1. The van der Waals surface area contributed by atoms with Crippen LogP contribution in [-0.4, -0.2) is 17.0 Å². The van der Waals surface area contributed by atoms with Crippen molar-refractivity contribution in [2.24, 2.45) is 5.73 Å². The van der Waals surface area contributed by atoms with Crippen LogP contribution in [0.4, 0.5) is 0 Å².